The lowest BCUT2D eigenvalue weighted by atomic mass is 10.1. The molecule has 2 N–H and O–H groups in total. The average molecular weight is 252 g/mol. The van der Waals surface area contributed by atoms with Gasteiger partial charge in [0.2, 0.25) is 5.91 Å². The third-order valence-corrected chi connectivity index (χ3v) is 3.07. The van der Waals surface area contributed by atoms with E-state index >= 15 is 0 Å². The zero-order valence-electron chi connectivity index (χ0n) is 10.3. The largest absolute Gasteiger partial charge is 0.340 e. The molecule has 0 fully saturated rings. The molecule has 0 atom stereocenters. The van der Waals surface area contributed by atoms with Crippen LogP contribution in [0.5, 0.6) is 0 Å². The number of rotatable bonds is 7. The smallest absolute Gasteiger partial charge is 0.232 e. The van der Waals surface area contributed by atoms with E-state index in [4.69, 9.17) is 5.73 Å². The summed E-state index contributed by atoms with van der Waals surface area (Å²) < 4.78 is 0. The number of benzene rings is 1. The topological polar surface area (TPSA) is 46.3 Å². The molecule has 0 saturated heterocycles. The first-order valence-electron chi connectivity index (χ1n) is 5.78. The van der Waals surface area contributed by atoms with Crippen molar-refractivity contribution in [3.05, 3.63) is 35.9 Å². The zero-order valence-corrected chi connectivity index (χ0v) is 11.1. The highest BCUT2D eigenvalue weighted by atomic mass is 32.2. The van der Waals surface area contributed by atoms with Crippen molar-refractivity contribution in [3.8, 4) is 0 Å². The predicted molar refractivity (Wildman–Crippen MR) is 74.2 cm³/mol. The van der Waals surface area contributed by atoms with Crippen LogP contribution in [0.1, 0.15) is 5.56 Å². The second-order valence-corrected chi connectivity index (χ2v) is 4.70. The third kappa shape index (κ3) is 5.24. The minimum atomic E-state index is 0.180. The Morgan fingerprint density at radius 3 is 2.59 bits per heavy atom. The molecule has 0 radical (unpaired) electrons. The van der Waals surface area contributed by atoms with Crippen LogP contribution >= 0.6 is 11.8 Å². The lowest BCUT2D eigenvalue weighted by molar-refractivity contribution is -0.128. The molecule has 94 valence electrons. The number of thioether (sulfide) groups is 1. The maximum atomic E-state index is 11.8. The number of nitrogens with two attached hydrogens (primary N) is 1. The van der Waals surface area contributed by atoms with E-state index in [1.165, 1.54) is 5.56 Å². The molecule has 0 saturated carbocycles. The molecule has 0 spiro atoms. The summed E-state index contributed by atoms with van der Waals surface area (Å²) >= 11 is 1.55. The van der Waals surface area contributed by atoms with Gasteiger partial charge in [-0.3, -0.25) is 4.79 Å². The second-order valence-electron chi connectivity index (χ2n) is 3.84. The molecule has 0 unspecified atom stereocenters. The quantitative estimate of drug-likeness (QED) is 0.797. The molecular weight excluding hydrogens is 232 g/mol. The minimum Gasteiger partial charge on any atom is -0.340 e. The summed E-state index contributed by atoms with van der Waals surface area (Å²) in [5.41, 5.74) is 6.79. The molecule has 1 amide bonds. The van der Waals surface area contributed by atoms with E-state index < -0.39 is 0 Å². The van der Waals surface area contributed by atoms with Crippen molar-refractivity contribution in [2.75, 3.05) is 31.6 Å². The summed E-state index contributed by atoms with van der Waals surface area (Å²) in [6.45, 7) is 1.92. The highest BCUT2D eigenvalue weighted by molar-refractivity contribution is 7.99. The van der Waals surface area contributed by atoms with Gasteiger partial charge in [-0.2, -0.15) is 11.8 Å². The molecular formula is C13H20N2OS. The van der Waals surface area contributed by atoms with Crippen molar-refractivity contribution in [1.29, 1.82) is 0 Å². The summed E-state index contributed by atoms with van der Waals surface area (Å²) in [4.78, 5) is 13.7. The fourth-order valence-electron chi connectivity index (χ4n) is 1.64. The SMILES string of the molecule is CSCC(=O)N(CCN)CCc1ccccc1. The summed E-state index contributed by atoms with van der Waals surface area (Å²) in [6.07, 6.45) is 2.83. The Hall–Kier alpha value is -1.00. The molecule has 17 heavy (non-hydrogen) atoms. The van der Waals surface area contributed by atoms with Crippen LogP contribution in [-0.2, 0) is 11.2 Å². The second kappa shape index (κ2) is 8.14. The van der Waals surface area contributed by atoms with Gasteiger partial charge in [-0.25, -0.2) is 0 Å². The molecule has 0 bridgehead atoms. The maximum absolute atomic E-state index is 11.8. The van der Waals surface area contributed by atoms with E-state index in [-0.39, 0.29) is 5.91 Å². The first-order chi connectivity index (χ1) is 8.27. The van der Waals surface area contributed by atoms with Gasteiger partial charge in [-0.05, 0) is 18.2 Å². The summed E-state index contributed by atoms with van der Waals surface area (Å²) in [5.74, 6) is 0.716. The van der Waals surface area contributed by atoms with Gasteiger partial charge in [0, 0.05) is 19.6 Å². The van der Waals surface area contributed by atoms with E-state index in [0.717, 1.165) is 13.0 Å². The molecule has 0 aromatic heterocycles. The van der Waals surface area contributed by atoms with Crippen molar-refractivity contribution in [2.24, 2.45) is 5.73 Å². The molecule has 1 rings (SSSR count). The first kappa shape index (κ1) is 14.1. The molecule has 1 aromatic rings. The number of carbonyl (C=O) groups is 1. The number of hydrogen-bond acceptors (Lipinski definition) is 3. The minimum absolute atomic E-state index is 0.180. The van der Waals surface area contributed by atoms with Crippen LogP contribution in [0.3, 0.4) is 0 Å². The molecule has 4 heteroatoms. The Bertz CT molecular complexity index is 329. The summed E-state index contributed by atoms with van der Waals surface area (Å²) in [7, 11) is 0. The van der Waals surface area contributed by atoms with Gasteiger partial charge < -0.3 is 10.6 Å². The van der Waals surface area contributed by atoms with E-state index in [1.807, 2.05) is 29.4 Å². The normalized spacial score (nSPS) is 10.2. The van der Waals surface area contributed by atoms with Gasteiger partial charge in [-0.1, -0.05) is 30.3 Å². The monoisotopic (exact) mass is 252 g/mol. The Labute approximate surface area is 107 Å². The molecule has 0 aliphatic rings. The average Bonchev–Trinajstić information content (AvgIpc) is 2.36. The lowest BCUT2D eigenvalue weighted by Gasteiger charge is -2.21. The van der Waals surface area contributed by atoms with E-state index in [9.17, 15) is 4.79 Å². The van der Waals surface area contributed by atoms with Crippen molar-refractivity contribution in [1.82, 2.24) is 4.90 Å². The number of amides is 1. The lowest BCUT2D eigenvalue weighted by Crippen LogP contribution is -2.38. The first-order valence-corrected chi connectivity index (χ1v) is 7.18. The molecule has 1 aromatic carbocycles. The van der Waals surface area contributed by atoms with Crippen LogP contribution in [-0.4, -0.2) is 42.4 Å². The van der Waals surface area contributed by atoms with Gasteiger partial charge >= 0.3 is 0 Å². The van der Waals surface area contributed by atoms with Crippen LogP contribution in [0.4, 0.5) is 0 Å². The molecule has 0 aliphatic carbocycles. The third-order valence-electron chi connectivity index (χ3n) is 2.53. The van der Waals surface area contributed by atoms with Crippen LogP contribution in [0, 0.1) is 0 Å². The fraction of sp³-hybridized carbons (Fsp3) is 0.462. The Morgan fingerprint density at radius 1 is 1.29 bits per heavy atom. The Morgan fingerprint density at radius 2 is 2.00 bits per heavy atom. The maximum Gasteiger partial charge on any atom is 0.232 e. The van der Waals surface area contributed by atoms with Gasteiger partial charge in [0.1, 0.15) is 0 Å². The van der Waals surface area contributed by atoms with Crippen molar-refractivity contribution in [3.63, 3.8) is 0 Å². The summed E-state index contributed by atoms with van der Waals surface area (Å²) in [6, 6.07) is 10.2. The number of hydrogen-bond donors (Lipinski definition) is 1. The molecule has 0 heterocycles. The van der Waals surface area contributed by atoms with Gasteiger partial charge in [-0.15, -0.1) is 0 Å². The predicted octanol–water partition coefficient (Wildman–Crippen LogP) is 1.38. The van der Waals surface area contributed by atoms with E-state index in [0.29, 0.717) is 18.8 Å². The van der Waals surface area contributed by atoms with Crippen molar-refractivity contribution >= 4 is 17.7 Å². The van der Waals surface area contributed by atoms with Crippen LogP contribution < -0.4 is 5.73 Å². The van der Waals surface area contributed by atoms with E-state index in [1.54, 1.807) is 11.8 Å². The summed E-state index contributed by atoms with van der Waals surface area (Å²) in [5, 5.41) is 0. The Balaban J connectivity index is 2.47. The van der Waals surface area contributed by atoms with Crippen molar-refractivity contribution < 1.29 is 4.79 Å². The highest BCUT2D eigenvalue weighted by Crippen LogP contribution is 2.03. The van der Waals surface area contributed by atoms with Gasteiger partial charge in [0.05, 0.1) is 5.75 Å². The fourth-order valence-corrected chi connectivity index (χ4v) is 2.07. The molecule has 0 aliphatic heterocycles. The van der Waals surface area contributed by atoms with Crippen LogP contribution in [0.2, 0.25) is 0 Å². The number of nitrogens with zero attached hydrogens (tertiary/aromatic N) is 1. The highest BCUT2D eigenvalue weighted by Gasteiger charge is 2.11. The van der Waals surface area contributed by atoms with Crippen molar-refractivity contribution in [2.45, 2.75) is 6.42 Å². The molecule has 3 nitrogen and oxygen atoms in total. The van der Waals surface area contributed by atoms with Gasteiger partial charge in [0.15, 0.2) is 0 Å². The van der Waals surface area contributed by atoms with E-state index in [2.05, 4.69) is 12.1 Å². The van der Waals surface area contributed by atoms with Crippen LogP contribution in [0.25, 0.3) is 0 Å². The Kier molecular flexibility index (Phi) is 6.74. The van der Waals surface area contributed by atoms with Gasteiger partial charge in [0.25, 0.3) is 0 Å². The zero-order chi connectivity index (χ0) is 12.5. The van der Waals surface area contributed by atoms with Crippen LogP contribution in [0.15, 0.2) is 30.3 Å². The standard InChI is InChI=1S/C13H20N2OS/c1-17-11-13(16)15(10-8-14)9-7-12-5-3-2-4-6-12/h2-6H,7-11,14H2,1H3. The number of carbonyl (C=O) groups excluding carboxylic acids is 1.